The van der Waals surface area contributed by atoms with E-state index < -0.39 is 35.0 Å². The Morgan fingerprint density at radius 1 is 0.857 bits per heavy atom. The van der Waals surface area contributed by atoms with Crippen LogP contribution in [0.3, 0.4) is 0 Å². The minimum absolute atomic E-state index is 0.176. The van der Waals surface area contributed by atoms with Crippen LogP contribution in [0.2, 0.25) is 0 Å². The topological polar surface area (TPSA) is 149 Å². The fraction of sp³-hybridized carbons (Fsp3) is 0.0769. The lowest BCUT2D eigenvalue weighted by Crippen LogP contribution is -2.10. The van der Waals surface area contributed by atoms with E-state index in [4.69, 9.17) is 20.4 Å². The van der Waals surface area contributed by atoms with E-state index in [0.717, 1.165) is 18.2 Å². The highest BCUT2D eigenvalue weighted by Crippen LogP contribution is 2.12. The van der Waals surface area contributed by atoms with E-state index in [1.807, 2.05) is 0 Å². The van der Waals surface area contributed by atoms with Crippen molar-refractivity contribution in [2.75, 3.05) is 0 Å². The largest absolute Gasteiger partial charge is 0.478 e. The molecule has 0 atom stereocenters. The molecule has 1 aromatic rings. The third-order valence-corrected chi connectivity index (χ3v) is 2.09. The van der Waals surface area contributed by atoms with Crippen molar-refractivity contribution < 1.29 is 39.6 Å². The van der Waals surface area contributed by atoms with Crippen LogP contribution in [0.25, 0.3) is 0 Å². The number of carboxylic acids is 4. The van der Waals surface area contributed by atoms with Crippen LogP contribution in [-0.4, -0.2) is 44.3 Å². The lowest BCUT2D eigenvalue weighted by atomic mass is 10.0. The molecule has 1 rings (SSSR count). The maximum Gasteiger partial charge on any atom is 0.336 e. The summed E-state index contributed by atoms with van der Waals surface area (Å²) in [5.41, 5.74) is -1.07. The van der Waals surface area contributed by atoms with Gasteiger partial charge in [-0.1, -0.05) is 6.58 Å². The van der Waals surface area contributed by atoms with Crippen molar-refractivity contribution in [3.05, 3.63) is 47.0 Å². The Kier molecular flexibility index (Phi) is 6.32. The molecule has 0 bridgehead atoms. The predicted molar refractivity (Wildman–Crippen MR) is 69.8 cm³/mol. The fourth-order valence-electron chi connectivity index (χ4n) is 1.04. The van der Waals surface area contributed by atoms with Crippen LogP contribution < -0.4 is 0 Å². The van der Waals surface area contributed by atoms with Gasteiger partial charge < -0.3 is 20.4 Å². The number of hydrogen-bond donors (Lipinski definition) is 4. The van der Waals surface area contributed by atoms with Gasteiger partial charge in [0.05, 0.1) is 16.7 Å². The van der Waals surface area contributed by atoms with Crippen molar-refractivity contribution in [3.8, 4) is 0 Å². The minimum Gasteiger partial charge on any atom is -0.478 e. The standard InChI is InChI=1S/C9H6O6.C4H6O2/c10-7(11)4-1-2-5(8(12)13)6(3-4)9(14)15;1-3(2)4(5)6/h1-3H,(H,10,11)(H,12,13)(H,14,15);1H2,2H3,(H,5,6). The van der Waals surface area contributed by atoms with E-state index in [9.17, 15) is 19.2 Å². The fourth-order valence-corrected chi connectivity index (χ4v) is 1.04. The summed E-state index contributed by atoms with van der Waals surface area (Å²) in [6.45, 7) is 4.60. The number of rotatable bonds is 4. The number of benzene rings is 1. The molecule has 0 aliphatic heterocycles. The van der Waals surface area contributed by atoms with Crippen molar-refractivity contribution in [1.29, 1.82) is 0 Å². The molecule has 0 unspecified atom stereocenters. The van der Waals surface area contributed by atoms with Crippen LogP contribution in [0.1, 0.15) is 38.0 Å². The molecular weight excluding hydrogens is 284 g/mol. The second-order valence-corrected chi connectivity index (χ2v) is 3.76. The number of carbonyl (C=O) groups is 4. The van der Waals surface area contributed by atoms with E-state index in [-0.39, 0.29) is 11.1 Å². The smallest absolute Gasteiger partial charge is 0.336 e. The van der Waals surface area contributed by atoms with Gasteiger partial charge in [0.15, 0.2) is 0 Å². The Labute approximate surface area is 118 Å². The van der Waals surface area contributed by atoms with Crippen LogP contribution in [0.15, 0.2) is 30.4 Å². The summed E-state index contributed by atoms with van der Waals surface area (Å²) in [6, 6.07) is 2.81. The Hall–Kier alpha value is -3.16. The zero-order valence-electron chi connectivity index (χ0n) is 10.9. The third kappa shape index (κ3) is 5.55. The molecule has 0 radical (unpaired) electrons. The van der Waals surface area contributed by atoms with Gasteiger partial charge >= 0.3 is 23.9 Å². The van der Waals surface area contributed by atoms with Crippen molar-refractivity contribution in [2.45, 2.75) is 6.92 Å². The maximum absolute atomic E-state index is 10.6. The van der Waals surface area contributed by atoms with Gasteiger partial charge in [-0.05, 0) is 25.1 Å². The molecule has 0 fully saturated rings. The molecular formula is C13H12O8. The Morgan fingerprint density at radius 3 is 1.57 bits per heavy atom. The number of hydrogen-bond acceptors (Lipinski definition) is 4. The molecule has 4 N–H and O–H groups in total. The van der Waals surface area contributed by atoms with Gasteiger partial charge in [0.25, 0.3) is 0 Å². The molecule has 0 aliphatic carbocycles. The summed E-state index contributed by atoms with van der Waals surface area (Å²) >= 11 is 0. The molecule has 0 amide bonds. The first-order chi connectivity index (χ1) is 9.57. The van der Waals surface area contributed by atoms with Crippen LogP contribution in [0.5, 0.6) is 0 Å². The summed E-state index contributed by atoms with van der Waals surface area (Å²) in [5.74, 6) is -5.13. The molecule has 0 saturated heterocycles. The zero-order chi connectivity index (χ0) is 16.7. The third-order valence-electron chi connectivity index (χ3n) is 2.09. The second-order valence-electron chi connectivity index (χ2n) is 3.76. The molecule has 8 nitrogen and oxygen atoms in total. The first kappa shape index (κ1) is 17.8. The minimum atomic E-state index is -1.48. The van der Waals surface area contributed by atoms with E-state index in [0.29, 0.717) is 0 Å². The van der Waals surface area contributed by atoms with Crippen LogP contribution >= 0.6 is 0 Å². The van der Waals surface area contributed by atoms with Crippen molar-refractivity contribution in [3.63, 3.8) is 0 Å². The van der Waals surface area contributed by atoms with Gasteiger partial charge in [-0.2, -0.15) is 0 Å². The molecule has 0 saturated carbocycles. The van der Waals surface area contributed by atoms with Gasteiger partial charge in [-0.25, -0.2) is 19.2 Å². The van der Waals surface area contributed by atoms with Crippen LogP contribution in [0, 0.1) is 0 Å². The Bertz CT molecular complexity index is 603. The van der Waals surface area contributed by atoms with E-state index in [2.05, 4.69) is 6.58 Å². The summed E-state index contributed by atoms with van der Waals surface area (Å²) in [7, 11) is 0. The highest BCUT2D eigenvalue weighted by Gasteiger charge is 2.17. The lowest BCUT2D eigenvalue weighted by Gasteiger charge is -2.02. The molecule has 1 aromatic carbocycles. The van der Waals surface area contributed by atoms with E-state index in [1.54, 1.807) is 0 Å². The van der Waals surface area contributed by atoms with E-state index in [1.165, 1.54) is 6.92 Å². The van der Waals surface area contributed by atoms with Crippen molar-refractivity contribution in [1.82, 2.24) is 0 Å². The predicted octanol–water partition coefficient (Wildman–Crippen LogP) is 1.43. The summed E-state index contributed by atoms with van der Waals surface area (Å²) < 4.78 is 0. The summed E-state index contributed by atoms with van der Waals surface area (Å²) in [4.78, 5) is 41.4. The van der Waals surface area contributed by atoms with Gasteiger partial charge in [-0.3, -0.25) is 0 Å². The molecule has 0 spiro atoms. The van der Waals surface area contributed by atoms with Crippen molar-refractivity contribution in [2.24, 2.45) is 0 Å². The van der Waals surface area contributed by atoms with Gasteiger partial charge in [0.2, 0.25) is 0 Å². The van der Waals surface area contributed by atoms with E-state index >= 15 is 0 Å². The Balaban J connectivity index is 0.000000567. The quantitative estimate of drug-likeness (QED) is 0.609. The number of aromatic carboxylic acids is 3. The average molecular weight is 296 g/mol. The number of aliphatic carboxylic acids is 1. The van der Waals surface area contributed by atoms with Crippen LogP contribution in [-0.2, 0) is 4.79 Å². The second kappa shape index (κ2) is 7.43. The average Bonchev–Trinajstić information content (AvgIpc) is 2.38. The molecule has 8 heteroatoms. The molecule has 0 heterocycles. The van der Waals surface area contributed by atoms with Crippen LogP contribution in [0.4, 0.5) is 0 Å². The summed E-state index contributed by atoms with van der Waals surface area (Å²) in [5, 5.41) is 33.8. The first-order valence-electron chi connectivity index (χ1n) is 5.30. The van der Waals surface area contributed by atoms with Crippen molar-refractivity contribution >= 4 is 23.9 Å². The SMILES string of the molecule is C=C(C)C(=O)O.O=C(O)c1ccc(C(=O)O)c(C(=O)O)c1. The summed E-state index contributed by atoms with van der Waals surface area (Å²) in [6.07, 6.45) is 0. The molecule has 0 aromatic heterocycles. The highest BCUT2D eigenvalue weighted by molar-refractivity contribution is 6.03. The zero-order valence-corrected chi connectivity index (χ0v) is 10.9. The molecule has 112 valence electrons. The Morgan fingerprint density at radius 2 is 1.29 bits per heavy atom. The normalized spacial score (nSPS) is 9.00. The first-order valence-corrected chi connectivity index (χ1v) is 5.30. The molecule has 0 aliphatic rings. The monoisotopic (exact) mass is 296 g/mol. The van der Waals surface area contributed by atoms with Gasteiger partial charge in [0.1, 0.15) is 0 Å². The number of carboxylic acid groups (broad SMARTS) is 4. The highest BCUT2D eigenvalue weighted by atomic mass is 16.4. The molecule has 21 heavy (non-hydrogen) atoms. The lowest BCUT2D eigenvalue weighted by molar-refractivity contribution is -0.132. The maximum atomic E-state index is 10.6. The van der Waals surface area contributed by atoms with Gasteiger partial charge in [0, 0.05) is 5.57 Å². The van der Waals surface area contributed by atoms with Gasteiger partial charge in [-0.15, -0.1) is 0 Å².